The zero-order valence-electron chi connectivity index (χ0n) is 23.4. The van der Waals surface area contributed by atoms with Crippen molar-refractivity contribution < 1.29 is 21.6 Å². The zero-order chi connectivity index (χ0) is 32.4. The fraction of sp³-hybridized carbons (Fsp3) is 0.207. The third-order valence-corrected chi connectivity index (χ3v) is 9.46. The summed E-state index contributed by atoms with van der Waals surface area (Å²) in [5.74, 6) is 0.702. The van der Waals surface area contributed by atoms with Crippen LogP contribution in [0.25, 0.3) is 28.3 Å². The van der Waals surface area contributed by atoms with Crippen LogP contribution in [0, 0.1) is 0 Å². The number of sulfonamides is 1. The summed E-state index contributed by atoms with van der Waals surface area (Å²) >= 11 is 14.1. The first-order chi connectivity index (χ1) is 21.3. The first-order valence-electron chi connectivity index (χ1n) is 13.2. The van der Waals surface area contributed by atoms with Crippen molar-refractivity contribution in [1.29, 1.82) is 0 Å². The number of rotatable bonds is 11. The number of hydrogen-bond acceptors (Lipinski definition) is 7. The maximum Gasteiger partial charge on any atom is 0.446 e. The summed E-state index contributed by atoms with van der Waals surface area (Å²) in [6.07, 6.45) is 1.77. The Labute approximate surface area is 275 Å². The van der Waals surface area contributed by atoms with Gasteiger partial charge in [0, 0.05) is 26.9 Å². The van der Waals surface area contributed by atoms with Gasteiger partial charge in [0.1, 0.15) is 5.69 Å². The highest BCUT2D eigenvalue weighted by molar-refractivity contribution is 8.00. The quantitative estimate of drug-likeness (QED) is 0.114. The van der Waals surface area contributed by atoms with Gasteiger partial charge in [0.2, 0.25) is 10.0 Å². The maximum absolute atomic E-state index is 13.4. The number of nitrogens with one attached hydrogen (secondary N) is 1. The second-order valence-corrected chi connectivity index (χ2v) is 14.8. The number of nitrogens with zero attached hydrogens (tertiary/aromatic N) is 4. The van der Waals surface area contributed by atoms with Gasteiger partial charge >= 0.3 is 5.51 Å². The fourth-order valence-corrected chi connectivity index (χ4v) is 6.77. The normalized spacial score (nSPS) is 12.2. The van der Waals surface area contributed by atoms with E-state index >= 15 is 0 Å². The largest absolute Gasteiger partial charge is 0.446 e. The lowest BCUT2D eigenvalue weighted by molar-refractivity contribution is -0.0328. The molecular formula is C29H24Cl2F3N5O3S3. The van der Waals surface area contributed by atoms with Crippen LogP contribution in [-0.2, 0) is 16.6 Å². The smallest absolute Gasteiger partial charge is 0.265 e. The van der Waals surface area contributed by atoms with Crippen molar-refractivity contribution in [3.8, 4) is 28.3 Å². The average Bonchev–Trinajstić information content (AvgIpc) is 3.26. The second kappa shape index (κ2) is 13.8. The topological polar surface area (TPSA) is 98.9 Å². The van der Waals surface area contributed by atoms with E-state index in [2.05, 4.69) is 14.9 Å². The Morgan fingerprint density at radius 1 is 0.933 bits per heavy atom. The lowest BCUT2D eigenvalue weighted by Gasteiger charge is -2.16. The molecule has 0 aromatic heterocycles. The van der Waals surface area contributed by atoms with Crippen LogP contribution in [0.15, 0.2) is 87.4 Å². The summed E-state index contributed by atoms with van der Waals surface area (Å²) in [5, 5.41) is 9.95. The van der Waals surface area contributed by atoms with E-state index in [1.807, 2.05) is 24.3 Å². The molecule has 2 heterocycles. The van der Waals surface area contributed by atoms with Crippen molar-refractivity contribution in [1.82, 2.24) is 24.3 Å². The summed E-state index contributed by atoms with van der Waals surface area (Å²) < 4.78 is 65.9. The summed E-state index contributed by atoms with van der Waals surface area (Å²) in [6, 6.07) is 20.0. The van der Waals surface area contributed by atoms with Crippen LogP contribution < -0.4 is 10.3 Å². The number of benzene rings is 3. The summed E-state index contributed by atoms with van der Waals surface area (Å²) in [4.78, 5) is 14.4. The molecule has 5 rings (SSSR count). The predicted molar refractivity (Wildman–Crippen MR) is 173 cm³/mol. The second-order valence-electron chi connectivity index (χ2n) is 9.82. The molecule has 0 bridgehead atoms. The van der Waals surface area contributed by atoms with Gasteiger partial charge in [0.25, 0.3) is 5.56 Å². The molecule has 16 heteroatoms. The Morgan fingerprint density at radius 3 is 2.27 bits per heavy atom. The molecule has 236 valence electrons. The number of aromatic nitrogens is 4. The van der Waals surface area contributed by atoms with Crippen molar-refractivity contribution in [2.75, 3.05) is 18.6 Å². The van der Waals surface area contributed by atoms with Gasteiger partial charge in [-0.2, -0.15) is 23.4 Å². The third-order valence-electron chi connectivity index (χ3n) is 6.34. The molecule has 0 spiro atoms. The first-order valence-corrected chi connectivity index (χ1v) is 17.7. The number of alkyl halides is 3. The Hall–Kier alpha value is -3.01. The molecule has 0 saturated carbocycles. The standard InChI is InChI=1S/C29H24Cl2F3N5O3S3/c1-45(41,42)35-13-2-14-43-21-10-6-20(7-11-21)39-26(23-12-5-19(30)15-24(23)31)16-25-27(37-39)28(40)38(36-25)17-18-3-8-22(9-4-18)44-29(32,33)34/h3-12,15-16,35H,2,13-14,17H2,1H3. The van der Waals surface area contributed by atoms with Crippen molar-refractivity contribution in [2.45, 2.75) is 28.3 Å². The van der Waals surface area contributed by atoms with Crippen LogP contribution in [0.3, 0.4) is 0 Å². The van der Waals surface area contributed by atoms with Gasteiger partial charge in [0.05, 0.1) is 29.2 Å². The van der Waals surface area contributed by atoms with Crippen LogP contribution >= 0.6 is 46.7 Å². The molecule has 0 amide bonds. The van der Waals surface area contributed by atoms with Crippen LogP contribution in [0.5, 0.6) is 0 Å². The van der Waals surface area contributed by atoms with Crippen molar-refractivity contribution >= 4 is 56.7 Å². The third kappa shape index (κ3) is 8.83. The molecule has 0 unspecified atom stereocenters. The molecular weight excluding hydrogens is 690 g/mol. The molecule has 0 aliphatic carbocycles. The van der Waals surface area contributed by atoms with Crippen molar-refractivity contribution in [2.24, 2.45) is 0 Å². The number of thioether (sulfide) groups is 2. The average molecular weight is 715 g/mol. The van der Waals surface area contributed by atoms with Crippen LogP contribution in [-0.4, -0.2) is 52.0 Å². The lowest BCUT2D eigenvalue weighted by Crippen LogP contribution is -2.23. The zero-order valence-corrected chi connectivity index (χ0v) is 27.3. The van der Waals surface area contributed by atoms with E-state index < -0.39 is 21.1 Å². The van der Waals surface area contributed by atoms with E-state index in [1.165, 1.54) is 28.9 Å². The molecule has 1 N–H and O–H groups in total. The Kier molecular flexibility index (Phi) is 10.2. The van der Waals surface area contributed by atoms with Gasteiger partial charge in [0.15, 0.2) is 5.69 Å². The molecule has 0 atom stereocenters. The van der Waals surface area contributed by atoms with Gasteiger partial charge in [-0.15, -0.1) is 11.8 Å². The molecule has 2 aliphatic rings. The Morgan fingerprint density at radius 2 is 1.62 bits per heavy atom. The molecule has 8 nitrogen and oxygen atoms in total. The van der Waals surface area contributed by atoms with Crippen LogP contribution in [0.4, 0.5) is 13.2 Å². The molecule has 0 fully saturated rings. The van der Waals surface area contributed by atoms with E-state index in [1.54, 1.807) is 40.7 Å². The minimum Gasteiger partial charge on any atom is -0.265 e. The number of hydrogen-bond donors (Lipinski definition) is 1. The van der Waals surface area contributed by atoms with E-state index in [0.717, 1.165) is 11.2 Å². The number of halogens is 5. The van der Waals surface area contributed by atoms with E-state index in [9.17, 15) is 26.4 Å². The van der Waals surface area contributed by atoms with Gasteiger partial charge < -0.3 is 0 Å². The molecule has 3 aromatic rings. The Balaban J connectivity index is 1.46. The minimum atomic E-state index is -4.40. The lowest BCUT2D eigenvalue weighted by atomic mass is 10.1. The minimum absolute atomic E-state index is 0.0365. The number of fused-ring (bicyclic) bond motifs is 1. The van der Waals surface area contributed by atoms with E-state index in [4.69, 9.17) is 23.2 Å². The van der Waals surface area contributed by atoms with Gasteiger partial charge in [-0.05, 0) is 90.2 Å². The van der Waals surface area contributed by atoms with Crippen molar-refractivity contribution in [3.05, 3.63) is 98.8 Å². The van der Waals surface area contributed by atoms with E-state index in [0.29, 0.717) is 57.0 Å². The summed E-state index contributed by atoms with van der Waals surface area (Å²) in [5.41, 5.74) is -2.04. The SMILES string of the molecule is CS(=O)(=O)NCCCSc1ccc(-n2nc3c(=O)n(Cc4ccc(SC(F)(F)F)cc4)nc-3cc2-c2ccc(Cl)cc2Cl)cc1. The van der Waals surface area contributed by atoms with Crippen LogP contribution in [0.1, 0.15) is 12.0 Å². The molecule has 2 aliphatic heterocycles. The molecule has 0 radical (unpaired) electrons. The monoisotopic (exact) mass is 713 g/mol. The predicted octanol–water partition coefficient (Wildman–Crippen LogP) is 7.20. The highest BCUT2D eigenvalue weighted by Crippen LogP contribution is 2.37. The maximum atomic E-state index is 13.4. The van der Waals surface area contributed by atoms with Crippen LogP contribution in [0.2, 0.25) is 10.0 Å². The summed E-state index contributed by atoms with van der Waals surface area (Å²) in [7, 11) is -3.23. The van der Waals surface area contributed by atoms with Gasteiger partial charge in [-0.1, -0.05) is 35.3 Å². The molecule has 0 saturated heterocycles. The van der Waals surface area contributed by atoms with E-state index in [-0.39, 0.29) is 28.9 Å². The fourth-order valence-electron chi connectivity index (χ4n) is 4.36. The van der Waals surface area contributed by atoms with Gasteiger partial charge in [-0.25, -0.2) is 22.5 Å². The van der Waals surface area contributed by atoms with Crippen molar-refractivity contribution in [3.63, 3.8) is 0 Å². The summed E-state index contributed by atoms with van der Waals surface area (Å²) in [6.45, 7) is 0.386. The highest BCUT2D eigenvalue weighted by atomic mass is 35.5. The first kappa shape index (κ1) is 33.4. The molecule has 45 heavy (non-hydrogen) atoms. The highest BCUT2D eigenvalue weighted by Gasteiger charge is 2.29. The molecule has 3 aromatic carbocycles. The Bertz CT molecular complexity index is 1950. The van der Waals surface area contributed by atoms with Gasteiger partial charge in [-0.3, -0.25) is 4.79 Å².